The van der Waals surface area contributed by atoms with Crippen molar-refractivity contribution in [1.29, 1.82) is 0 Å². The number of methoxy groups -OCH3 is 1. The summed E-state index contributed by atoms with van der Waals surface area (Å²) in [4.78, 5) is 4.73. The zero-order valence-corrected chi connectivity index (χ0v) is 16.9. The van der Waals surface area contributed by atoms with E-state index < -0.39 is 9.84 Å². The van der Waals surface area contributed by atoms with Crippen molar-refractivity contribution < 1.29 is 13.2 Å². The Bertz CT molecular complexity index is 1200. The van der Waals surface area contributed by atoms with E-state index in [2.05, 4.69) is 37.4 Å². The fourth-order valence-corrected chi connectivity index (χ4v) is 4.69. The van der Waals surface area contributed by atoms with Gasteiger partial charge in [-0.3, -0.25) is 0 Å². The Kier molecular flexibility index (Phi) is 4.59. The molecule has 28 heavy (non-hydrogen) atoms. The molecule has 1 aromatic heterocycles. The maximum atomic E-state index is 11.7. The van der Waals surface area contributed by atoms with Gasteiger partial charge < -0.3 is 10.1 Å². The molecule has 0 amide bonds. The molecule has 2 aromatic carbocycles. The van der Waals surface area contributed by atoms with Gasteiger partial charge in [-0.1, -0.05) is 30.3 Å². The summed E-state index contributed by atoms with van der Waals surface area (Å²) < 4.78 is 29.0. The van der Waals surface area contributed by atoms with Gasteiger partial charge in [0.2, 0.25) is 5.88 Å². The van der Waals surface area contributed by atoms with Crippen LogP contribution in [0, 0.1) is 13.8 Å². The quantitative estimate of drug-likeness (QED) is 0.716. The highest BCUT2D eigenvalue weighted by Gasteiger charge is 2.22. The molecule has 144 valence electrons. The van der Waals surface area contributed by atoms with E-state index in [1.54, 1.807) is 13.2 Å². The summed E-state index contributed by atoms with van der Waals surface area (Å²) in [6, 6.07) is 13.9. The fraction of sp³-hybridized carbons (Fsp3) is 0.227. The molecule has 1 aliphatic rings. The van der Waals surface area contributed by atoms with Crippen LogP contribution in [0.2, 0.25) is 0 Å². The minimum absolute atomic E-state index is 0.0554. The first kappa shape index (κ1) is 18.5. The normalized spacial score (nSPS) is 17.8. The van der Waals surface area contributed by atoms with Gasteiger partial charge in [-0.05, 0) is 48.6 Å². The highest BCUT2D eigenvalue weighted by molar-refractivity contribution is 7.94. The number of ether oxygens (including phenoxy) is 1. The second-order valence-corrected chi connectivity index (χ2v) is 9.06. The standard InChI is InChI=1S/C22H22N2O3S/c1-14-7-8-16(11-15(14)2)20-12-17-5-4-6-19(21(17)22(24-20)27-3)23-18-9-10-28(25,26)13-18/h4-12,18,23H,13H2,1-3H3. The summed E-state index contributed by atoms with van der Waals surface area (Å²) in [5.74, 6) is 0.568. The maximum absolute atomic E-state index is 11.7. The molecule has 5 nitrogen and oxygen atoms in total. The van der Waals surface area contributed by atoms with Gasteiger partial charge in [0.05, 0.1) is 30.0 Å². The lowest BCUT2D eigenvalue weighted by Gasteiger charge is -2.16. The molecule has 4 rings (SSSR count). The van der Waals surface area contributed by atoms with E-state index in [1.807, 2.05) is 24.3 Å². The molecule has 6 heteroatoms. The molecule has 0 bridgehead atoms. The second-order valence-electron chi connectivity index (χ2n) is 7.13. The van der Waals surface area contributed by atoms with Crippen LogP contribution in [0.5, 0.6) is 5.88 Å². The van der Waals surface area contributed by atoms with Crippen molar-refractivity contribution in [3.63, 3.8) is 0 Å². The molecule has 1 N–H and O–H groups in total. The van der Waals surface area contributed by atoms with Crippen molar-refractivity contribution in [1.82, 2.24) is 4.98 Å². The number of rotatable bonds is 4. The molecule has 3 aromatic rings. The molecule has 1 unspecified atom stereocenters. The Morgan fingerprint density at radius 1 is 1.11 bits per heavy atom. The molecule has 0 aliphatic carbocycles. The van der Waals surface area contributed by atoms with E-state index in [-0.39, 0.29) is 11.8 Å². The van der Waals surface area contributed by atoms with Gasteiger partial charge in [-0.2, -0.15) is 0 Å². The molecule has 0 radical (unpaired) electrons. The molecule has 1 aliphatic heterocycles. The molecule has 0 saturated carbocycles. The second kappa shape index (κ2) is 6.95. The number of aryl methyl sites for hydroxylation is 2. The number of hydrogen-bond donors (Lipinski definition) is 1. The van der Waals surface area contributed by atoms with Crippen molar-refractivity contribution in [3.05, 3.63) is 65.1 Å². The van der Waals surface area contributed by atoms with Crippen molar-refractivity contribution in [2.24, 2.45) is 0 Å². The first-order valence-electron chi connectivity index (χ1n) is 9.09. The SMILES string of the molecule is COc1nc(-c2ccc(C)c(C)c2)cc2cccc(NC3C=CS(=O)(=O)C3)c12. The van der Waals surface area contributed by atoms with Crippen LogP contribution < -0.4 is 10.1 Å². The van der Waals surface area contributed by atoms with Crippen LogP contribution in [0.15, 0.2) is 53.9 Å². The number of hydrogen-bond acceptors (Lipinski definition) is 5. The number of sulfone groups is 1. The Labute approximate surface area is 165 Å². The van der Waals surface area contributed by atoms with E-state index in [0.717, 1.165) is 27.7 Å². The topological polar surface area (TPSA) is 68.3 Å². The third-order valence-corrected chi connectivity index (χ3v) is 6.49. The number of aromatic nitrogens is 1. The lowest BCUT2D eigenvalue weighted by molar-refractivity contribution is 0.404. The van der Waals surface area contributed by atoms with Crippen LogP contribution in [0.1, 0.15) is 11.1 Å². The van der Waals surface area contributed by atoms with Crippen molar-refractivity contribution >= 4 is 26.3 Å². The zero-order chi connectivity index (χ0) is 19.9. The summed E-state index contributed by atoms with van der Waals surface area (Å²) in [7, 11) is -1.52. The number of nitrogens with zero attached hydrogens (tertiary/aromatic N) is 1. The van der Waals surface area contributed by atoms with E-state index >= 15 is 0 Å². The number of pyridine rings is 1. The minimum atomic E-state index is -3.12. The number of benzene rings is 2. The van der Waals surface area contributed by atoms with Crippen LogP contribution in [0.3, 0.4) is 0 Å². The van der Waals surface area contributed by atoms with Crippen LogP contribution in [0.25, 0.3) is 22.0 Å². The molecule has 1 atom stereocenters. The Morgan fingerprint density at radius 3 is 2.61 bits per heavy atom. The predicted molar refractivity (Wildman–Crippen MR) is 114 cm³/mol. The molecule has 0 fully saturated rings. The van der Waals surface area contributed by atoms with E-state index in [9.17, 15) is 8.42 Å². The van der Waals surface area contributed by atoms with Gasteiger partial charge in [0, 0.05) is 16.7 Å². The highest BCUT2D eigenvalue weighted by atomic mass is 32.2. The largest absolute Gasteiger partial charge is 0.480 e. The zero-order valence-electron chi connectivity index (χ0n) is 16.1. The number of nitrogens with one attached hydrogen (secondary N) is 1. The van der Waals surface area contributed by atoms with Gasteiger partial charge in [0.1, 0.15) is 0 Å². The summed E-state index contributed by atoms with van der Waals surface area (Å²) in [6.45, 7) is 4.17. The van der Waals surface area contributed by atoms with E-state index in [0.29, 0.717) is 5.88 Å². The average molecular weight is 394 g/mol. The predicted octanol–water partition coefficient (Wildman–Crippen LogP) is 4.25. The summed E-state index contributed by atoms with van der Waals surface area (Å²) in [5.41, 5.74) is 5.13. The van der Waals surface area contributed by atoms with Gasteiger partial charge in [0.25, 0.3) is 0 Å². The third-order valence-electron chi connectivity index (χ3n) is 5.09. The molecular formula is C22H22N2O3S. The van der Waals surface area contributed by atoms with Crippen LogP contribution >= 0.6 is 0 Å². The molecule has 2 heterocycles. The van der Waals surface area contributed by atoms with Gasteiger partial charge in [-0.25, -0.2) is 13.4 Å². The smallest absolute Gasteiger partial charge is 0.223 e. The number of fused-ring (bicyclic) bond motifs is 1. The van der Waals surface area contributed by atoms with E-state index in [1.165, 1.54) is 16.5 Å². The van der Waals surface area contributed by atoms with E-state index in [4.69, 9.17) is 9.72 Å². The molecular weight excluding hydrogens is 372 g/mol. The third kappa shape index (κ3) is 3.47. The number of anilines is 1. The van der Waals surface area contributed by atoms with Gasteiger partial charge in [-0.15, -0.1) is 0 Å². The summed E-state index contributed by atoms with van der Waals surface area (Å²) >= 11 is 0. The van der Waals surface area contributed by atoms with Gasteiger partial charge >= 0.3 is 0 Å². The monoisotopic (exact) mass is 394 g/mol. The first-order valence-corrected chi connectivity index (χ1v) is 10.8. The van der Waals surface area contributed by atoms with Crippen molar-refractivity contribution in [3.8, 4) is 17.1 Å². The average Bonchev–Trinajstić information content (AvgIpc) is 3.01. The molecule has 0 spiro atoms. The summed E-state index contributed by atoms with van der Waals surface area (Å²) in [6.07, 6.45) is 1.68. The Morgan fingerprint density at radius 2 is 1.93 bits per heavy atom. The van der Waals surface area contributed by atoms with Crippen LogP contribution in [0.4, 0.5) is 5.69 Å². The van der Waals surface area contributed by atoms with Crippen molar-refractivity contribution in [2.75, 3.05) is 18.2 Å². The Balaban J connectivity index is 1.80. The van der Waals surface area contributed by atoms with Gasteiger partial charge in [0.15, 0.2) is 9.84 Å². The maximum Gasteiger partial charge on any atom is 0.223 e. The lowest BCUT2D eigenvalue weighted by Crippen LogP contribution is -2.21. The highest BCUT2D eigenvalue weighted by Crippen LogP contribution is 2.35. The minimum Gasteiger partial charge on any atom is -0.480 e. The summed E-state index contributed by atoms with van der Waals surface area (Å²) in [5, 5.41) is 6.40. The first-order chi connectivity index (χ1) is 13.4. The van der Waals surface area contributed by atoms with Crippen molar-refractivity contribution in [2.45, 2.75) is 19.9 Å². The van der Waals surface area contributed by atoms with Crippen LogP contribution in [-0.4, -0.2) is 32.3 Å². The Hall–Kier alpha value is -2.86. The van der Waals surface area contributed by atoms with Crippen LogP contribution in [-0.2, 0) is 9.84 Å². The molecule has 0 saturated heterocycles. The lowest BCUT2D eigenvalue weighted by atomic mass is 10.0. The fourth-order valence-electron chi connectivity index (χ4n) is 3.46.